The number of hydrogen-bond acceptors (Lipinski definition) is 1. The number of phenolic OH excluding ortho intramolecular Hbond substituents is 1. The van der Waals surface area contributed by atoms with E-state index in [1.54, 1.807) is 13.1 Å². The van der Waals surface area contributed by atoms with Gasteiger partial charge in [-0.1, -0.05) is 18.2 Å². The predicted molar refractivity (Wildman–Crippen MR) is 46.0 cm³/mol. The summed E-state index contributed by atoms with van der Waals surface area (Å²) in [4.78, 5) is 0. The standard InChI is InChI=1S/C9H12NO/c1-10-7-6-8-4-2-3-5-9(8)11/h2-5,11H,6-7H2,1H3/q-1. The lowest BCUT2D eigenvalue weighted by molar-refractivity contribution is 0.468. The van der Waals surface area contributed by atoms with Gasteiger partial charge in [0.2, 0.25) is 0 Å². The van der Waals surface area contributed by atoms with Crippen LogP contribution in [0.15, 0.2) is 24.3 Å². The summed E-state index contributed by atoms with van der Waals surface area (Å²) in [6, 6.07) is 7.36. The summed E-state index contributed by atoms with van der Waals surface area (Å²) in [5.74, 6) is 0.371. The third-order valence-electron chi connectivity index (χ3n) is 1.60. The molecule has 0 aromatic heterocycles. The van der Waals surface area contributed by atoms with Gasteiger partial charge in [-0.15, -0.1) is 6.54 Å². The molecule has 0 fully saturated rings. The first kappa shape index (κ1) is 8.08. The van der Waals surface area contributed by atoms with Gasteiger partial charge >= 0.3 is 0 Å². The van der Waals surface area contributed by atoms with Crippen LogP contribution in [0, 0.1) is 0 Å². The van der Waals surface area contributed by atoms with Gasteiger partial charge in [0.1, 0.15) is 5.75 Å². The summed E-state index contributed by atoms with van der Waals surface area (Å²) in [7, 11) is 1.78. The van der Waals surface area contributed by atoms with Gasteiger partial charge in [-0.3, -0.25) is 0 Å². The largest absolute Gasteiger partial charge is 0.665 e. The van der Waals surface area contributed by atoms with Crippen molar-refractivity contribution in [1.82, 2.24) is 0 Å². The first-order valence-corrected chi connectivity index (χ1v) is 3.67. The number of benzene rings is 1. The van der Waals surface area contributed by atoms with Crippen molar-refractivity contribution in [2.45, 2.75) is 6.42 Å². The Hall–Kier alpha value is -1.02. The molecule has 0 amide bonds. The van der Waals surface area contributed by atoms with Gasteiger partial charge in [0.15, 0.2) is 0 Å². The normalized spacial score (nSPS) is 9.91. The van der Waals surface area contributed by atoms with Crippen molar-refractivity contribution in [1.29, 1.82) is 0 Å². The first-order chi connectivity index (χ1) is 5.34. The van der Waals surface area contributed by atoms with Crippen LogP contribution in [0.5, 0.6) is 5.75 Å². The van der Waals surface area contributed by atoms with Crippen molar-refractivity contribution in [3.63, 3.8) is 0 Å². The highest BCUT2D eigenvalue weighted by atomic mass is 16.3. The van der Waals surface area contributed by atoms with E-state index < -0.39 is 0 Å². The molecule has 0 radical (unpaired) electrons. The minimum absolute atomic E-state index is 0.371. The zero-order valence-corrected chi connectivity index (χ0v) is 6.62. The molecule has 0 bridgehead atoms. The lowest BCUT2D eigenvalue weighted by Crippen LogP contribution is -1.89. The van der Waals surface area contributed by atoms with E-state index in [1.165, 1.54) is 0 Å². The van der Waals surface area contributed by atoms with Crippen molar-refractivity contribution < 1.29 is 5.11 Å². The molecule has 0 atom stereocenters. The summed E-state index contributed by atoms with van der Waals surface area (Å²) in [5.41, 5.74) is 0.970. The quantitative estimate of drug-likeness (QED) is 0.702. The summed E-state index contributed by atoms with van der Waals surface area (Å²) < 4.78 is 0. The smallest absolute Gasteiger partial charge is 0.118 e. The van der Waals surface area contributed by atoms with Crippen LogP contribution in [0.4, 0.5) is 0 Å². The van der Waals surface area contributed by atoms with E-state index in [0.29, 0.717) is 5.75 Å². The molecule has 0 saturated heterocycles. The number of aromatic hydroxyl groups is 1. The highest BCUT2D eigenvalue weighted by molar-refractivity contribution is 5.32. The second-order valence-electron chi connectivity index (χ2n) is 2.42. The highest BCUT2D eigenvalue weighted by Gasteiger charge is 1.94. The Balaban J connectivity index is 2.62. The first-order valence-electron chi connectivity index (χ1n) is 3.67. The van der Waals surface area contributed by atoms with Crippen molar-refractivity contribution in [2.75, 3.05) is 13.6 Å². The Morgan fingerprint density at radius 1 is 1.36 bits per heavy atom. The molecule has 1 N–H and O–H groups in total. The predicted octanol–water partition coefficient (Wildman–Crippen LogP) is 1.94. The molecule has 0 aliphatic rings. The van der Waals surface area contributed by atoms with Gasteiger partial charge in [-0.25, -0.2) is 0 Å². The van der Waals surface area contributed by atoms with Gasteiger partial charge < -0.3 is 10.4 Å². The number of rotatable bonds is 3. The molecule has 0 aliphatic carbocycles. The molecule has 1 rings (SSSR count). The van der Waals surface area contributed by atoms with E-state index in [4.69, 9.17) is 0 Å². The van der Waals surface area contributed by atoms with Crippen LogP contribution < -0.4 is 0 Å². The molecule has 2 heteroatoms. The van der Waals surface area contributed by atoms with Crippen LogP contribution in [0.1, 0.15) is 5.56 Å². The Morgan fingerprint density at radius 2 is 2.09 bits per heavy atom. The van der Waals surface area contributed by atoms with Crippen LogP contribution in [0.25, 0.3) is 5.32 Å². The Kier molecular flexibility index (Phi) is 2.93. The van der Waals surface area contributed by atoms with Crippen molar-refractivity contribution in [3.8, 4) is 5.75 Å². The molecule has 11 heavy (non-hydrogen) atoms. The van der Waals surface area contributed by atoms with Crippen LogP contribution in [-0.2, 0) is 6.42 Å². The fraction of sp³-hybridized carbons (Fsp3) is 0.333. The van der Waals surface area contributed by atoms with E-state index in [-0.39, 0.29) is 0 Å². The fourth-order valence-corrected chi connectivity index (χ4v) is 0.954. The molecule has 2 nitrogen and oxygen atoms in total. The van der Waals surface area contributed by atoms with E-state index in [1.807, 2.05) is 18.2 Å². The molecule has 0 spiro atoms. The third-order valence-corrected chi connectivity index (χ3v) is 1.60. The van der Waals surface area contributed by atoms with E-state index >= 15 is 0 Å². The zero-order chi connectivity index (χ0) is 8.10. The monoisotopic (exact) mass is 150 g/mol. The summed E-state index contributed by atoms with van der Waals surface area (Å²) in [6.07, 6.45) is 0.823. The van der Waals surface area contributed by atoms with Gasteiger partial charge in [-0.2, -0.15) is 7.05 Å². The van der Waals surface area contributed by atoms with Crippen molar-refractivity contribution in [2.24, 2.45) is 0 Å². The van der Waals surface area contributed by atoms with Crippen molar-refractivity contribution in [3.05, 3.63) is 35.1 Å². The minimum atomic E-state index is 0.371. The number of hydrogen-bond donors (Lipinski definition) is 1. The minimum Gasteiger partial charge on any atom is -0.665 e. The lowest BCUT2D eigenvalue weighted by Gasteiger charge is -2.10. The summed E-state index contributed by atoms with van der Waals surface area (Å²) in [6.45, 7) is 0.775. The number of para-hydroxylation sites is 1. The zero-order valence-electron chi connectivity index (χ0n) is 6.62. The Labute approximate surface area is 66.9 Å². The lowest BCUT2D eigenvalue weighted by atomic mass is 10.1. The third kappa shape index (κ3) is 2.24. The van der Waals surface area contributed by atoms with E-state index in [9.17, 15) is 5.11 Å². The van der Waals surface area contributed by atoms with Gasteiger partial charge in [-0.05, 0) is 18.1 Å². The second kappa shape index (κ2) is 3.98. The average Bonchev–Trinajstić information content (AvgIpc) is 2.03. The summed E-state index contributed by atoms with van der Waals surface area (Å²) >= 11 is 0. The molecule has 1 aromatic carbocycles. The highest BCUT2D eigenvalue weighted by Crippen LogP contribution is 2.15. The molecule has 0 unspecified atom stereocenters. The van der Waals surface area contributed by atoms with Crippen molar-refractivity contribution >= 4 is 0 Å². The second-order valence-corrected chi connectivity index (χ2v) is 2.42. The molecule has 1 aromatic rings. The summed E-state index contributed by atoms with van der Waals surface area (Å²) in [5, 5.41) is 13.3. The van der Waals surface area contributed by atoms with Gasteiger partial charge in [0, 0.05) is 0 Å². The Bertz CT molecular complexity index is 223. The number of likely N-dealkylation sites (N-methyl/N-ethyl adjacent to an activating group) is 1. The molecular formula is C9H12NO-. The van der Waals surface area contributed by atoms with Crippen LogP contribution >= 0.6 is 0 Å². The van der Waals surface area contributed by atoms with E-state index in [2.05, 4.69) is 5.32 Å². The van der Waals surface area contributed by atoms with E-state index in [0.717, 1.165) is 18.5 Å². The maximum Gasteiger partial charge on any atom is 0.118 e. The molecule has 0 saturated carbocycles. The van der Waals surface area contributed by atoms with Crippen LogP contribution in [0.3, 0.4) is 0 Å². The average molecular weight is 150 g/mol. The number of phenols is 1. The maximum absolute atomic E-state index is 9.30. The molecule has 0 heterocycles. The van der Waals surface area contributed by atoms with Crippen LogP contribution in [0.2, 0.25) is 0 Å². The topological polar surface area (TPSA) is 34.3 Å². The van der Waals surface area contributed by atoms with Gasteiger partial charge in [0.05, 0.1) is 0 Å². The maximum atomic E-state index is 9.30. The molecular weight excluding hydrogens is 138 g/mol. The molecule has 60 valence electrons. The molecule has 0 aliphatic heterocycles. The Morgan fingerprint density at radius 3 is 2.73 bits per heavy atom. The van der Waals surface area contributed by atoms with Crippen LogP contribution in [-0.4, -0.2) is 18.7 Å². The number of nitrogens with zero attached hydrogens (tertiary/aromatic N) is 1. The SMILES string of the molecule is C[N-]CCc1ccccc1O. The van der Waals surface area contributed by atoms with Gasteiger partial charge in [0.25, 0.3) is 0 Å². The fourth-order valence-electron chi connectivity index (χ4n) is 0.954.